The quantitative estimate of drug-likeness (QED) is 0.731. The molecule has 3 aromatic carbocycles. The van der Waals surface area contributed by atoms with Crippen LogP contribution in [0.1, 0.15) is 23.6 Å². The maximum Gasteiger partial charge on any atom is 0.307 e. The summed E-state index contributed by atoms with van der Waals surface area (Å²) in [4.78, 5) is 22.6. The minimum atomic E-state index is -0.848. The van der Waals surface area contributed by atoms with E-state index < -0.39 is 5.97 Å². The van der Waals surface area contributed by atoms with Crippen LogP contribution in [0.15, 0.2) is 54.6 Å². The van der Waals surface area contributed by atoms with E-state index in [-0.39, 0.29) is 12.3 Å². The lowest BCUT2D eigenvalue weighted by Gasteiger charge is -2.16. The molecule has 0 heterocycles. The van der Waals surface area contributed by atoms with Crippen molar-refractivity contribution >= 4 is 22.6 Å². The van der Waals surface area contributed by atoms with Gasteiger partial charge in [0.15, 0.2) is 0 Å². The van der Waals surface area contributed by atoms with Gasteiger partial charge in [-0.2, -0.15) is 0 Å². The minimum Gasteiger partial charge on any atom is -0.481 e. The van der Waals surface area contributed by atoms with Crippen LogP contribution < -0.4 is 5.32 Å². The summed E-state index contributed by atoms with van der Waals surface area (Å²) < 4.78 is 0. The van der Waals surface area contributed by atoms with Gasteiger partial charge in [-0.15, -0.1) is 0 Å². The highest BCUT2D eigenvalue weighted by atomic mass is 16.4. The van der Waals surface area contributed by atoms with E-state index in [9.17, 15) is 14.7 Å². The van der Waals surface area contributed by atoms with Crippen molar-refractivity contribution in [3.63, 3.8) is 0 Å². The fraction of sp³-hybridized carbons (Fsp3) is 0.182. The van der Waals surface area contributed by atoms with Crippen molar-refractivity contribution < 1.29 is 14.7 Å². The lowest BCUT2D eigenvalue weighted by Crippen LogP contribution is -2.18. The topological polar surface area (TPSA) is 66.4 Å². The van der Waals surface area contributed by atoms with Crippen LogP contribution in [0.3, 0.4) is 0 Å². The number of carboxylic acids is 1. The molecule has 0 spiro atoms. The highest BCUT2D eigenvalue weighted by Gasteiger charge is 2.16. The molecule has 132 valence electrons. The lowest BCUT2D eigenvalue weighted by atomic mass is 9.88. The normalized spacial score (nSPS) is 10.7. The van der Waals surface area contributed by atoms with Gasteiger partial charge in [-0.1, -0.05) is 48.5 Å². The van der Waals surface area contributed by atoms with E-state index in [0.717, 1.165) is 38.6 Å². The number of hydrogen-bond donors (Lipinski definition) is 2. The van der Waals surface area contributed by atoms with Crippen molar-refractivity contribution in [1.82, 2.24) is 5.32 Å². The van der Waals surface area contributed by atoms with Gasteiger partial charge >= 0.3 is 5.97 Å². The zero-order chi connectivity index (χ0) is 18.7. The number of rotatable bonds is 5. The van der Waals surface area contributed by atoms with Crippen molar-refractivity contribution in [2.45, 2.75) is 26.8 Å². The Labute approximate surface area is 152 Å². The average molecular weight is 347 g/mol. The molecule has 3 aromatic rings. The van der Waals surface area contributed by atoms with Crippen molar-refractivity contribution in [3.8, 4) is 11.1 Å². The van der Waals surface area contributed by atoms with Crippen LogP contribution >= 0.6 is 0 Å². The van der Waals surface area contributed by atoms with Gasteiger partial charge in [-0.3, -0.25) is 9.59 Å². The highest BCUT2D eigenvalue weighted by Crippen LogP contribution is 2.35. The molecule has 0 aromatic heterocycles. The molecule has 2 N–H and O–H groups in total. The summed E-state index contributed by atoms with van der Waals surface area (Å²) in [5.74, 6) is -0.929. The van der Waals surface area contributed by atoms with E-state index in [2.05, 4.69) is 5.32 Å². The molecule has 0 saturated heterocycles. The molecule has 26 heavy (non-hydrogen) atoms. The molecular weight excluding hydrogens is 326 g/mol. The molecule has 0 unspecified atom stereocenters. The Morgan fingerprint density at radius 3 is 2.54 bits per heavy atom. The maximum atomic E-state index is 11.4. The molecule has 0 atom stereocenters. The number of carboxylic acid groups (broad SMARTS) is 1. The molecule has 0 aliphatic heterocycles. The number of nitrogens with one attached hydrogen (secondary N) is 1. The van der Waals surface area contributed by atoms with Crippen molar-refractivity contribution in [2.24, 2.45) is 0 Å². The predicted octanol–water partition coefficient (Wildman–Crippen LogP) is 4.08. The number of benzene rings is 3. The Bertz CT molecular complexity index is 992. The Morgan fingerprint density at radius 1 is 1.04 bits per heavy atom. The number of aryl methyl sites for hydroxylation is 1. The summed E-state index contributed by atoms with van der Waals surface area (Å²) >= 11 is 0. The van der Waals surface area contributed by atoms with Crippen LogP contribution in [0.2, 0.25) is 0 Å². The van der Waals surface area contributed by atoms with Crippen LogP contribution in [-0.4, -0.2) is 17.0 Å². The predicted molar refractivity (Wildman–Crippen MR) is 103 cm³/mol. The average Bonchev–Trinajstić information content (AvgIpc) is 2.60. The molecular formula is C22H21NO3. The van der Waals surface area contributed by atoms with Crippen LogP contribution in [0.25, 0.3) is 21.9 Å². The van der Waals surface area contributed by atoms with E-state index >= 15 is 0 Å². The maximum absolute atomic E-state index is 11.4. The van der Waals surface area contributed by atoms with Gasteiger partial charge < -0.3 is 10.4 Å². The Kier molecular flexibility index (Phi) is 5.03. The first-order valence-corrected chi connectivity index (χ1v) is 8.52. The summed E-state index contributed by atoms with van der Waals surface area (Å²) in [5.41, 5.74) is 4.68. The number of amides is 1. The second-order valence-electron chi connectivity index (χ2n) is 6.45. The van der Waals surface area contributed by atoms with E-state index in [1.54, 1.807) is 0 Å². The third-order valence-corrected chi connectivity index (χ3v) is 4.47. The molecule has 4 nitrogen and oxygen atoms in total. The monoisotopic (exact) mass is 347 g/mol. The summed E-state index contributed by atoms with van der Waals surface area (Å²) in [6.45, 7) is 3.89. The van der Waals surface area contributed by atoms with Gasteiger partial charge in [0, 0.05) is 13.5 Å². The van der Waals surface area contributed by atoms with Crippen molar-refractivity contribution in [2.75, 3.05) is 0 Å². The van der Waals surface area contributed by atoms with E-state index in [0.29, 0.717) is 6.54 Å². The van der Waals surface area contributed by atoms with Crippen LogP contribution in [0.4, 0.5) is 0 Å². The second-order valence-corrected chi connectivity index (χ2v) is 6.45. The number of carbonyl (C=O) groups is 2. The second kappa shape index (κ2) is 7.40. The zero-order valence-corrected chi connectivity index (χ0v) is 14.9. The third-order valence-electron chi connectivity index (χ3n) is 4.47. The molecule has 3 rings (SSSR count). The van der Waals surface area contributed by atoms with Gasteiger partial charge in [-0.05, 0) is 51.6 Å². The summed E-state index contributed by atoms with van der Waals surface area (Å²) in [5, 5.41) is 14.3. The Hall–Kier alpha value is -3.14. The van der Waals surface area contributed by atoms with Crippen LogP contribution in [0.5, 0.6) is 0 Å². The fourth-order valence-electron chi connectivity index (χ4n) is 3.30. The molecule has 0 aliphatic rings. The first-order chi connectivity index (χ1) is 12.5. The Morgan fingerprint density at radius 2 is 1.81 bits per heavy atom. The van der Waals surface area contributed by atoms with Gasteiger partial charge in [-0.25, -0.2) is 0 Å². The van der Waals surface area contributed by atoms with Crippen molar-refractivity contribution in [3.05, 3.63) is 71.3 Å². The molecule has 0 radical (unpaired) electrons. The van der Waals surface area contributed by atoms with Crippen molar-refractivity contribution in [1.29, 1.82) is 0 Å². The molecule has 0 bridgehead atoms. The largest absolute Gasteiger partial charge is 0.481 e. The molecule has 4 heteroatoms. The first-order valence-electron chi connectivity index (χ1n) is 8.52. The molecule has 0 aliphatic carbocycles. The van der Waals surface area contributed by atoms with E-state index in [1.165, 1.54) is 6.92 Å². The Balaban J connectivity index is 2.20. The zero-order valence-electron chi connectivity index (χ0n) is 14.9. The van der Waals surface area contributed by atoms with Gasteiger partial charge in [0.1, 0.15) is 0 Å². The number of aliphatic carboxylic acids is 1. The number of hydrogen-bond acceptors (Lipinski definition) is 2. The van der Waals surface area contributed by atoms with Crippen LogP contribution in [0, 0.1) is 6.92 Å². The molecule has 0 saturated carbocycles. The first kappa shape index (κ1) is 17.7. The summed E-state index contributed by atoms with van der Waals surface area (Å²) in [7, 11) is 0. The third kappa shape index (κ3) is 3.75. The number of fused-ring (bicyclic) bond motifs is 1. The van der Waals surface area contributed by atoms with Gasteiger partial charge in [0.05, 0.1) is 6.42 Å². The number of carbonyl (C=O) groups excluding carboxylic acids is 1. The van der Waals surface area contributed by atoms with E-state index in [4.69, 9.17) is 0 Å². The van der Waals surface area contributed by atoms with Gasteiger partial charge in [0.2, 0.25) is 5.91 Å². The highest BCUT2D eigenvalue weighted by molar-refractivity contribution is 6.00. The smallest absolute Gasteiger partial charge is 0.307 e. The molecule has 0 fully saturated rings. The van der Waals surface area contributed by atoms with Gasteiger partial charge in [0.25, 0.3) is 0 Å². The lowest BCUT2D eigenvalue weighted by molar-refractivity contribution is -0.136. The summed E-state index contributed by atoms with van der Waals surface area (Å²) in [6, 6.07) is 17.9. The summed E-state index contributed by atoms with van der Waals surface area (Å²) in [6.07, 6.45) is -0.0259. The SMILES string of the molecule is CC(=O)NCc1cccc(-c2c(CC(=O)O)c(C)cc3ccccc23)c1. The standard InChI is InChI=1S/C22H21NO3/c1-14-10-17-7-3-4-9-19(17)22(20(14)12-21(25)26)18-8-5-6-16(11-18)13-23-15(2)24/h3-11H,12-13H2,1-2H3,(H,23,24)(H,25,26). The minimum absolute atomic E-state index is 0.0259. The van der Waals surface area contributed by atoms with Crippen LogP contribution in [-0.2, 0) is 22.6 Å². The fourth-order valence-corrected chi connectivity index (χ4v) is 3.30. The molecule has 1 amide bonds. The van der Waals surface area contributed by atoms with E-state index in [1.807, 2.05) is 61.5 Å².